The maximum absolute atomic E-state index is 13.2. The predicted octanol–water partition coefficient (Wildman–Crippen LogP) is 3.56. The number of nitrogens with one attached hydrogen (secondary N) is 2. The summed E-state index contributed by atoms with van der Waals surface area (Å²) in [6.07, 6.45) is 10.8. The van der Waals surface area contributed by atoms with E-state index in [-0.39, 0.29) is 29.7 Å². The number of amides is 2. The average molecular weight is 776 g/mol. The molecule has 2 amide bonds. The monoisotopic (exact) mass is 775 g/mol. The highest BCUT2D eigenvalue weighted by Crippen LogP contribution is 2.40. The highest BCUT2D eigenvalue weighted by atomic mass is 16.5. The summed E-state index contributed by atoms with van der Waals surface area (Å²) in [7, 11) is 1.74. The molecule has 298 valence electrons. The number of fused-ring (bicyclic) bond motifs is 2. The van der Waals surface area contributed by atoms with Crippen LogP contribution in [0.4, 0.5) is 11.5 Å². The number of aryl methyl sites for hydroxylation is 1. The molecule has 16 heteroatoms. The average Bonchev–Trinajstić information content (AvgIpc) is 3.69. The topological polar surface area (TPSA) is 169 Å². The Bertz CT molecular complexity index is 2400. The van der Waals surface area contributed by atoms with E-state index >= 15 is 0 Å². The molecule has 5 fully saturated rings. The van der Waals surface area contributed by atoms with Crippen LogP contribution in [0.2, 0.25) is 0 Å². The van der Waals surface area contributed by atoms with Crippen LogP contribution in [0.15, 0.2) is 47.7 Å². The molecule has 1 aromatic carbocycles. The lowest BCUT2D eigenvalue weighted by Gasteiger charge is -2.43. The smallest absolute Gasteiger partial charge is 0.329 e. The van der Waals surface area contributed by atoms with E-state index in [1.165, 1.54) is 4.57 Å². The molecule has 3 saturated heterocycles. The summed E-state index contributed by atoms with van der Waals surface area (Å²) in [5.74, 6) is 1.48. The van der Waals surface area contributed by atoms with E-state index < -0.39 is 11.9 Å². The first-order valence-corrected chi connectivity index (χ1v) is 20.4. The molecule has 2 saturated carbocycles. The molecule has 5 aromatic rings. The number of benzene rings is 1. The third-order valence-corrected chi connectivity index (χ3v) is 12.8. The van der Waals surface area contributed by atoms with Gasteiger partial charge in [0.2, 0.25) is 17.7 Å². The Balaban J connectivity index is 0.681. The fourth-order valence-corrected chi connectivity index (χ4v) is 9.09. The first-order chi connectivity index (χ1) is 27.7. The zero-order valence-corrected chi connectivity index (χ0v) is 32.5. The third-order valence-electron chi connectivity index (χ3n) is 12.8. The molecule has 57 heavy (non-hydrogen) atoms. The van der Waals surface area contributed by atoms with Crippen LogP contribution in [-0.4, -0.2) is 115 Å². The van der Waals surface area contributed by atoms with Crippen LogP contribution < -0.4 is 25.5 Å². The summed E-state index contributed by atoms with van der Waals surface area (Å²) in [6, 6.07) is 9.35. The second-order valence-electron chi connectivity index (χ2n) is 16.9. The van der Waals surface area contributed by atoms with Crippen molar-refractivity contribution in [1.29, 1.82) is 0 Å². The van der Waals surface area contributed by atoms with Gasteiger partial charge in [-0.1, -0.05) is 0 Å². The molecule has 7 heterocycles. The van der Waals surface area contributed by atoms with E-state index in [4.69, 9.17) is 9.47 Å². The van der Waals surface area contributed by atoms with E-state index in [2.05, 4.69) is 58.2 Å². The van der Waals surface area contributed by atoms with E-state index in [9.17, 15) is 14.4 Å². The molecule has 2 aliphatic carbocycles. The van der Waals surface area contributed by atoms with Gasteiger partial charge >= 0.3 is 5.69 Å². The Morgan fingerprint density at radius 3 is 2.46 bits per heavy atom. The number of hydrogen-bond acceptors (Lipinski definition) is 12. The van der Waals surface area contributed by atoms with Crippen molar-refractivity contribution in [2.24, 2.45) is 13.0 Å². The molecule has 2 N–H and O–H groups in total. The Labute approximate surface area is 329 Å². The standard InChI is InChI=1S/C41H49N11O5/c1-41(9-10-41)57-37-20-29-31(22-42-37)46-47-38(29)30-21-35(44-24-43-30)51-11-7-27(8-12-51)56-28-17-25(18-28)23-49-13-15-50(16-14-49)26-3-4-32-34(19-26)48(2)40(55)52(32)33-5-6-36(53)45-39(33)54/h3-4,19-22,24-25,27-28,33H,5-18,23H2,1-2H3,(H,46,47)(H,45,53,54). The number of nitrogens with zero attached hydrogens (tertiary/aromatic N) is 9. The van der Waals surface area contributed by atoms with Crippen molar-refractivity contribution in [2.45, 2.75) is 82.1 Å². The number of H-pyrrole nitrogens is 1. The van der Waals surface area contributed by atoms with Crippen molar-refractivity contribution >= 4 is 45.3 Å². The summed E-state index contributed by atoms with van der Waals surface area (Å²) in [5.41, 5.74) is 4.63. The van der Waals surface area contributed by atoms with Gasteiger partial charge in [0, 0.05) is 82.5 Å². The minimum Gasteiger partial charge on any atom is -0.471 e. The number of carbonyl (C=O) groups is 2. The van der Waals surface area contributed by atoms with Gasteiger partial charge in [0.05, 0.1) is 40.6 Å². The van der Waals surface area contributed by atoms with Crippen molar-refractivity contribution in [3.05, 3.63) is 53.3 Å². The largest absolute Gasteiger partial charge is 0.471 e. The molecule has 16 nitrogen and oxygen atoms in total. The van der Waals surface area contributed by atoms with Crippen LogP contribution in [0.5, 0.6) is 5.88 Å². The van der Waals surface area contributed by atoms with Gasteiger partial charge in [-0.2, -0.15) is 5.10 Å². The molecular formula is C41H49N11O5. The fourth-order valence-electron chi connectivity index (χ4n) is 9.09. The molecule has 0 radical (unpaired) electrons. The van der Waals surface area contributed by atoms with Gasteiger partial charge in [-0.3, -0.25) is 34.0 Å². The number of imidazole rings is 1. The molecule has 3 aliphatic heterocycles. The first-order valence-electron chi connectivity index (χ1n) is 20.4. The number of pyridine rings is 1. The van der Waals surface area contributed by atoms with Crippen LogP contribution >= 0.6 is 0 Å². The molecule has 5 aliphatic rings. The lowest BCUT2D eigenvalue weighted by atomic mass is 9.81. The summed E-state index contributed by atoms with van der Waals surface area (Å²) in [6.45, 7) is 8.79. The lowest BCUT2D eigenvalue weighted by Crippen LogP contribution is -2.50. The number of piperazine rings is 1. The van der Waals surface area contributed by atoms with Crippen molar-refractivity contribution in [2.75, 3.05) is 55.6 Å². The van der Waals surface area contributed by atoms with Gasteiger partial charge in [-0.15, -0.1) is 0 Å². The van der Waals surface area contributed by atoms with Crippen molar-refractivity contribution in [1.82, 2.24) is 44.5 Å². The second-order valence-corrected chi connectivity index (χ2v) is 16.9. The van der Waals surface area contributed by atoms with Crippen molar-refractivity contribution in [3.63, 3.8) is 0 Å². The molecule has 4 aromatic heterocycles. The molecular weight excluding hydrogens is 727 g/mol. The SMILES string of the molecule is Cn1c(=O)n(C2CCC(=O)NC2=O)c2ccc(N3CCN(CC4CC(OC5CCN(c6cc(-c7n[nH]c8cnc(OC9(C)CC9)cc78)ncn6)CC5)C4)CC3)cc21. The summed E-state index contributed by atoms with van der Waals surface area (Å²) in [5, 5.41) is 11.0. The number of piperidine rings is 2. The summed E-state index contributed by atoms with van der Waals surface area (Å²) < 4.78 is 15.9. The lowest BCUT2D eigenvalue weighted by molar-refractivity contribution is -0.135. The number of hydrogen-bond donors (Lipinski definition) is 2. The van der Waals surface area contributed by atoms with Gasteiger partial charge in [-0.25, -0.2) is 19.7 Å². The fraction of sp³-hybridized carbons (Fsp3) is 0.537. The highest BCUT2D eigenvalue weighted by Gasteiger charge is 2.41. The van der Waals surface area contributed by atoms with Crippen molar-refractivity contribution < 1.29 is 19.1 Å². The maximum atomic E-state index is 13.2. The predicted molar refractivity (Wildman–Crippen MR) is 213 cm³/mol. The first kappa shape index (κ1) is 36.0. The maximum Gasteiger partial charge on any atom is 0.329 e. The van der Waals surface area contributed by atoms with Gasteiger partial charge in [0.15, 0.2) is 0 Å². The van der Waals surface area contributed by atoms with Crippen LogP contribution in [0.25, 0.3) is 33.3 Å². The van der Waals surface area contributed by atoms with Crippen LogP contribution in [-0.2, 0) is 21.4 Å². The molecule has 1 unspecified atom stereocenters. The minimum atomic E-state index is -0.679. The minimum absolute atomic E-state index is 0.106. The number of imide groups is 1. The Hall–Kier alpha value is -5.35. The number of aromatic amines is 1. The third kappa shape index (κ3) is 7.02. The van der Waals surface area contributed by atoms with E-state index in [1.807, 2.05) is 24.3 Å². The number of anilines is 2. The van der Waals surface area contributed by atoms with Crippen LogP contribution in [0.1, 0.15) is 64.3 Å². The van der Waals surface area contributed by atoms with E-state index in [0.717, 1.165) is 124 Å². The van der Waals surface area contributed by atoms with Gasteiger partial charge < -0.3 is 19.3 Å². The quantitative estimate of drug-likeness (QED) is 0.198. The Morgan fingerprint density at radius 1 is 0.877 bits per heavy atom. The molecule has 10 rings (SSSR count). The Morgan fingerprint density at radius 2 is 1.68 bits per heavy atom. The normalized spacial score (nSPS) is 24.2. The van der Waals surface area contributed by atoms with Gasteiger partial charge in [-0.05, 0) is 76.0 Å². The number of aromatic nitrogens is 7. The highest BCUT2D eigenvalue weighted by molar-refractivity contribution is 6.00. The van der Waals surface area contributed by atoms with Gasteiger partial charge in [0.1, 0.15) is 29.5 Å². The van der Waals surface area contributed by atoms with Crippen molar-refractivity contribution in [3.8, 4) is 17.3 Å². The van der Waals surface area contributed by atoms with Crippen LogP contribution in [0, 0.1) is 5.92 Å². The van der Waals surface area contributed by atoms with E-state index in [0.29, 0.717) is 29.8 Å². The zero-order chi connectivity index (χ0) is 38.8. The number of ether oxygens (including phenoxy) is 2. The zero-order valence-electron chi connectivity index (χ0n) is 32.5. The Kier molecular flexibility index (Phi) is 9.00. The molecule has 0 bridgehead atoms. The number of rotatable bonds is 10. The molecule has 1 atom stereocenters. The van der Waals surface area contributed by atoms with E-state index in [1.54, 1.807) is 24.1 Å². The second kappa shape index (κ2) is 14.2. The van der Waals surface area contributed by atoms with Gasteiger partial charge in [0.25, 0.3) is 0 Å². The summed E-state index contributed by atoms with van der Waals surface area (Å²) >= 11 is 0. The number of carbonyl (C=O) groups excluding carboxylic acids is 2. The summed E-state index contributed by atoms with van der Waals surface area (Å²) in [4.78, 5) is 58.4. The molecule has 0 spiro atoms. The van der Waals surface area contributed by atoms with Crippen LogP contribution in [0.3, 0.4) is 0 Å².